The first-order chi connectivity index (χ1) is 9.72. The highest BCUT2D eigenvalue weighted by molar-refractivity contribution is 7.99. The van der Waals surface area contributed by atoms with Gasteiger partial charge in [0.2, 0.25) is 10.0 Å². The molecule has 1 aromatic carbocycles. The summed E-state index contributed by atoms with van der Waals surface area (Å²) < 4.78 is 27.0. The van der Waals surface area contributed by atoms with Crippen LogP contribution >= 0.6 is 11.8 Å². The van der Waals surface area contributed by atoms with Crippen LogP contribution in [0.15, 0.2) is 23.1 Å². The number of carboxylic acid groups (broad SMARTS) is 1. The Morgan fingerprint density at radius 2 is 2.10 bits per heavy atom. The van der Waals surface area contributed by atoms with Crippen molar-refractivity contribution >= 4 is 33.4 Å². The number of benzene rings is 1. The van der Waals surface area contributed by atoms with Gasteiger partial charge in [-0.05, 0) is 31.4 Å². The first-order valence-electron chi connectivity index (χ1n) is 6.01. The number of aromatic carboxylic acids is 1. The number of anilines is 1. The van der Waals surface area contributed by atoms with Gasteiger partial charge in [-0.25, -0.2) is 17.9 Å². The third kappa shape index (κ3) is 4.34. The van der Waals surface area contributed by atoms with E-state index in [0.717, 1.165) is 12.1 Å². The Morgan fingerprint density at radius 3 is 2.57 bits per heavy atom. The first-order valence-corrected chi connectivity index (χ1v) is 8.78. The molecule has 5 N–H and O–H groups in total. The Hall–Kier alpha value is -1.29. The lowest BCUT2D eigenvalue weighted by Crippen LogP contribution is -2.41. The highest BCUT2D eigenvalue weighted by atomic mass is 32.2. The number of carbonyl (C=O) groups is 1. The molecule has 0 amide bonds. The molecule has 1 aromatic rings. The minimum absolute atomic E-state index is 0.164. The molecule has 7 nitrogen and oxygen atoms in total. The number of aliphatic hydroxyl groups excluding tert-OH is 1. The van der Waals surface area contributed by atoms with Gasteiger partial charge in [-0.2, -0.15) is 11.8 Å². The van der Waals surface area contributed by atoms with Gasteiger partial charge in [0.05, 0.1) is 17.1 Å². The van der Waals surface area contributed by atoms with Crippen molar-refractivity contribution in [1.29, 1.82) is 0 Å². The van der Waals surface area contributed by atoms with Crippen LogP contribution in [0.1, 0.15) is 17.3 Å². The molecule has 0 spiro atoms. The van der Waals surface area contributed by atoms with Crippen LogP contribution in [0.4, 0.5) is 5.69 Å². The zero-order valence-electron chi connectivity index (χ0n) is 11.6. The van der Waals surface area contributed by atoms with Crippen LogP contribution in [0.2, 0.25) is 0 Å². The lowest BCUT2D eigenvalue weighted by atomic mass is 10.2. The lowest BCUT2D eigenvalue weighted by Gasteiger charge is -2.21. The first kappa shape index (κ1) is 17.8. The average molecular weight is 334 g/mol. The van der Waals surface area contributed by atoms with Crippen molar-refractivity contribution in [2.75, 3.05) is 18.6 Å². The number of rotatable bonds is 7. The van der Waals surface area contributed by atoms with Gasteiger partial charge in [-0.1, -0.05) is 0 Å². The molecule has 0 aromatic heterocycles. The van der Waals surface area contributed by atoms with Gasteiger partial charge < -0.3 is 15.9 Å². The number of aliphatic hydroxyl groups is 1. The van der Waals surface area contributed by atoms with Crippen LogP contribution in [0, 0.1) is 0 Å². The van der Waals surface area contributed by atoms with E-state index in [0.29, 0.717) is 0 Å². The molecular formula is C12H18N2O5S2. The smallest absolute Gasteiger partial charge is 0.337 e. The second-order valence-electron chi connectivity index (χ2n) is 4.43. The largest absolute Gasteiger partial charge is 0.478 e. The van der Waals surface area contributed by atoms with Crippen LogP contribution < -0.4 is 10.5 Å². The maximum atomic E-state index is 12.3. The molecule has 0 bridgehead atoms. The fourth-order valence-electron chi connectivity index (χ4n) is 1.77. The van der Waals surface area contributed by atoms with E-state index in [2.05, 4.69) is 4.72 Å². The van der Waals surface area contributed by atoms with E-state index in [1.54, 1.807) is 13.2 Å². The molecule has 0 heterocycles. The van der Waals surface area contributed by atoms with E-state index >= 15 is 0 Å². The van der Waals surface area contributed by atoms with Gasteiger partial charge in [0.25, 0.3) is 0 Å². The maximum absolute atomic E-state index is 12.3. The monoisotopic (exact) mass is 334 g/mol. The second kappa shape index (κ2) is 7.12. The highest BCUT2D eigenvalue weighted by Crippen LogP contribution is 2.20. The zero-order valence-corrected chi connectivity index (χ0v) is 13.2. The molecule has 2 unspecified atom stereocenters. The van der Waals surface area contributed by atoms with Crippen molar-refractivity contribution in [3.8, 4) is 0 Å². The highest BCUT2D eigenvalue weighted by Gasteiger charge is 2.26. The number of nitrogens with one attached hydrogen (secondary N) is 1. The SMILES string of the molecule is CSC(CO)C(C)NS(=O)(=O)c1ccc(N)cc1C(=O)O. The molecule has 2 atom stereocenters. The number of sulfonamides is 1. The third-order valence-corrected chi connectivity index (χ3v) is 5.68. The van der Waals surface area contributed by atoms with Gasteiger partial charge in [0.15, 0.2) is 0 Å². The van der Waals surface area contributed by atoms with Crippen molar-refractivity contribution < 1.29 is 23.4 Å². The topological polar surface area (TPSA) is 130 Å². The summed E-state index contributed by atoms with van der Waals surface area (Å²) in [6.45, 7) is 1.41. The molecule has 0 aliphatic rings. The lowest BCUT2D eigenvalue weighted by molar-refractivity contribution is 0.0692. The van der Waals surface area contributed by atoms with Gasteiger partial charge >= 0.3 is 5.97 Å². The summed E-state index contributed by atoms with van der Waals surface area (Å²) >= 11 is 1.31. The van der Waals surface area contributed by atoms with Crippen molar-refractivity contribution in [2.45, 2.75) is 23.1 Å². The third-order valence-electron chi connectivity index (χ3n) is 2.90. The van der Waals surface area contributed by atoms with E-state index in [9.17, 15) is 18.3 Å². The number of thioether (sulfide) groups is 1. The minimum atomic E-state index is -4.03. The fraction of sp³-hybridized carbons (Fsp3) is 0.417. The van der Waals surface area contributed by atoms with Crippen LogP contribution in [-0.2, 0) is 10.0 Å². The molecule has 0 aliphatic carbocycles. The number of nitrogen functional groups attached to an aromatic ring is 1. The van der Waals surface area contributed by atoms with Crippen LogP contribution in [0.5, 0.6) is 0 Å². The Kier molecular flexibility index (Phi) is 6.02. The van der Waals surface area contributed by atoms with E-state index in [1.807, 2.05) is 0 Å². The summed E-state index contributed by atoms with van der Waals surface area (Å²) in [6, 6.07) is 3.01. The Morgan fingerprint density at radius 1 is 1.48 bits per heavy atom. The second-order valence-corrected chi connectivity index (χ2v) is 7.19. The summed E-state index contributed by atoms with van der Waals surface area (Å²) in [7, 11) is -4.03. The fourth-order valence-corrected chi connectivity index (χ4v) is 3.95. The standard InChI is InChI=1S/C12H18N2O5S2/c1-7(10(6-15)20-2)14-21(18,19)11-4-3-8(13)5-9(11)12(16)17/h3-5,7,10,14-15H,6,13H2,1-2H3,(H,16,17). The number of hydrogen-bond acceptors (Lipinski definition) is 6. The molecule has 0 fully saturated rings. The normalized spacial score (nSPS) is 14.6. The molecule has 0 aliphatic heterocycles. The number of hydrogen-bond donors (Lipinski definition) is 4. The van der Waals surface area contributed by atoms with E-state index < -0.39 is 22.0 Å². The van der Waals surface area contributed by atoms with Gasteiger partial charge in [-0.15, -0.1) is 0 Å². The van der Waals surface area contributed by atoms with E-state index in [-0.39, 0.29) is 28.0 Å². The Balaban J connectivity index is 3.17. The Labute approximate surface area is 127 Å². The molecule has 1 rings (SSSR count). The predicted molar refractivity (Wildman–Crippen MR) is 82.0 cm³/mol. The quantitative estimate of drug-likeness (QED) is 0.530. The van der Waals surface area contributed by atoms with Crippen molar-refractivity contribution in [3.63, 3.8) is 0 Å². The van der Waals surface area contributed by atoms with Crippen molar-refractivity contribution in [1.82, 2.24) is 4.72 Å². The summed E-state index contributed by atoms with van der Waals surface area (Å²) in [5.74, 6) is -1.38. The average Bonchev–Trinajstić information content (AvgIpc) is 2.38. The van der Waals surface area contributed by atoms with E-state index in [4.69, 9.17) is 10.8 Å². The van der Waals surface area contributed by atoms with Gasteiger partial charge in [0.1, 0.15) is 0 Å². The van der Waals surface area contributed by atoms with Crippen LogP contribution in [0.25, 0.3) is 0 Å². The maximum Gasteiger partial charge on any atom is 0.337 e. The van der Waals surface area contributed by atoms with Crippen molar-refractivity contribution in [3.05, 3.63) is 23.8 Å². The summed E-state index contributed by atoms with van der Waals surface area (Å²) in [5, 5.41) is 17.9. The van der Waals surface area contributed by atoms with Gasteiger partial charge in [-0.3, -0.25) is 0 Å². The summed E-state index contributed by atoms with van der Waals surface area (Å²) in [5.41, 5.74) is 5.26. The van der Waals surface area contributed by atoms with Crippen LogP contribution in [0.3, 0.4) is 0 Å². The molecule has 0 radical (unpaired) electrons. The number of nitrogens with two attached hydrogens (primary N) is 1. The molecule has 0 saturated heterocycles. The molecular weight excluding hydrogens is 316 g/mol. The summed E-state index contributed by atoms with van der Waals surface area (Å²) in [6.07, 6.45) is 1.75. The number of carboxylic acids is 1. The molecule has 0 saturated carbocycles. The zero-order chi connectivity index (χ0) is 16.2. The van der Waals surface area contributed by atoms with Gasteiger partial charge in [0, 0.05) is 17.0 Å². The molecule has 9 heteroatoms. The Bertz CT molecular complexity index is 614. The van der Waals surface area contributed by atoms with Crippen LogP contribution in [-0.4, -0.2) is 48.8 Å². The molecule has 21 heavy (non-hydrogen) atoms. The minimum Gasteiger partial charge on any atom is -0.478 e. The van der Waals surface area contributed by atoms with E-state index in [1.165, 1.54) is 17.8 Å². The predicted octanol–water partition coefficient (Wildman–Crippen LogP) is 0.358. The van der Waals surface area contributed by atoms with Crippen molar-refractivity contribution in [2.24, 2.45) is 0 Å². The summed E-state index contributed by atoms with van der Waals surface area (Å²) in [4.78, 5) is 10.8. The molecule has 118 valence electrons.